The minimum absolute atomic E-state index is 0. The monoisotopic (exact) mass is 336 g/mol. The minimum Gasteiger partial charge on any atom is -0.462 e. The minimum atomic E-state index is -3.56. The smallest absolute Gasteiger partial charge is 0.338 e. The summed E-state index contributed by atoms with van der Waals surface area (Å²) in [4.78, 5) is 11.6. The van der Waals surface area contributed by atoms with Crippen molar-refractivity contribution in [3.63, 3.8) is 0 Å². The molecule has 0 heterocycles. The van der Waals surface area contributed by atoms with Gasteiger partial charge in [0.2, 0.25) is 10.0 Å². The third kappa shape index (κ3) is 6.01. The number of carbonyl (C=O) groups excluding carboxylic acids is 1. The van der Waals surface area contributed by atoms with Crippen molar-refractivity contribution in [2.24, 2.45) is 0 Å². The zero-order valence-electron chi connectivity index (χ0n) is 12.3. The second-order valence-electron chi connectivity index (χ2n) is 4.29. The van der Waals surface area contributed by atoms with E-state index in [9.17, 15) is 13.2 Å². The predicted molar refractivity (Wildman–Crippen MR) is 83.4 cm³/mol. The number of nitrogens with one attached hydrogen (secondary N) is 2. The standard InChI is InChI=1S/C13H20N2O4S.ClH/c1-4-19-13(16)11-5-7-12(8-6-11)20(17,18)15-9-10(2)14-3;/h5-8,10,14-15H,4,9H2,1-3H3;1H. The number of likely N-dealkylation sites (N-methyl/N-ethyl adjacent to an activating group) is 1. The molecule has 21 heavy (non-hydrogen) atoms. The molecule has 0 fully saturated rings. The number of benzene rings is 1. The highest BCUT2D eigenvalue weighted by molar-refractivity contribution is 7.89. The lowest BCUT2D eigenvalue weighted by atomic mass is 10.2. The Hall–Kier alpha value is -1.15. The molecule has 0 spiro atoms. The van der Waals surface area contributed by atoms with Gasteiger partial charge in [0.1, 0.15) is 0 Å². The molecular formula is C13H21ClN2O4S. The first-order valence-corrected chi connectivity index (χ1v) is 7.83. The SMILES string of the molecule is CCOC(=O)c1ccc(S(=O)(=O)NCC(C)NC)cc1.Cl. The lowest BCUT2D eigenvalue weighted by Crippen LogP contribution is -2.37. The Labute approximate surface area is 131 Å². The maximum atomic E-state index is 12.0. The Morgan fingerprint density at radius 2 is 1.86 bits per heavy atom. The molecule has 1 rings (SSSR count). The van der Waals surface area contributed by atoms with Gasteiger partial charge in [-0.1, -0.05) is 0 Å². The molecule has 0 aromatic heterocycles. The second-order valence-corrected chi connectivity index (χ2v) is 6.05. The number of carbonyl (C=O) groups is 1. The van der Waals surface area contributed by atoms with Crippen LogP contribution >= 0.6 is 12.4 Å². The molecule has 0 amide bonds. The van der Waals surface area contributed by atoms with E-state index >= 15 is 0 Å². The highest BCUT2D eigenvalue weighted by atomic mass is 35.5. The maximum absolute atomic E-state index is 12.0. The van der Waals surface area contributed by atoms with Gasteiger partial charge < -0.3 is 10.1 Å². The van der Waals surface area contributed by atoms with E-state index in [0.29, 0.717) is 12.1 Å². The van der Waals surface area contributed by atoms with E-state index in [-0.39, 0.29) is 30.0 Å². The summed E-state index contributed by atoms with van der Waals surface area (Å²) >= 11 is 0. The second kappa shape index (κ2) is 8.99. The molecule has 0 aliphatic heterocycles. The van der Waals surface area contributed by atoms with Gasteiger partial charge in [-0.05, 0) is 45.2 Å². The van der Waals surface area contributed by atoms with Gasteiger partial charge in [0.15, 0.2) is 0 Å². The van der Waals surface area contributed by atoms with Crippen molar-refractivity contribution in [3.05, 3.63) is 29.8 Å². The van der Waals surface area contributed by atoms with Gasteiger partial charge in [-0.25, -0.2) is 17.9 Å². The number of ether oxygens (including phenoxy) is 1. The number of esters is 1. The molecule has 0 bridgehead atoms. The van der Waals surface area contributed by atoms with Crippen molar-refractivity contribution in [1.82, 2.24) is 10.0 Å². The van der Waals surface area contributed by atoms with Gasteiger partial charge in [0, 0.05) is 12.6 Å². The normalized spacial score (nSPS) is 12.3. The zero-order chi connectivity index (χ0) is 15.2. The third-order valence-corrected chi connectivity index (χ3v) is 4.19. The Morgan fingerprint density at radius 1 is 1.29 bits per heavy atom. The van der Waals surface area contributed by atoms with Gasteiger partial charge in [-0.2, -0.15) is 0 Å². The van der Waals surface area contributed by atoms with Crippen LogP contribution in [-0.4, -0.2) is 40.6 Å². The van der Waals surface area contributed by atoms with Crippen LogP contribution in [0.15, 0.2) is 29.2 Å². The van der Waals surface area contributed by atoms with E-state index in [1.807, 2.05) is 6.92 Å². The van der Waals surface area contributed by atoms with Crippen LogP contribution < -0.4 is 10.0 Å². The van der Waals surface area contributed by atoms with Crippen molar-refractivity contribution >= 4 is 28.4 Å². The van der Waals surface area contributed by atoms with Crippen LogP contribution in [0, 0.1) is 0 Å². The van der Waals surface area contributed by atoms with E-state index in [0.717, 1.165) is 0 Å². The molecule has 0 radical (unpaired) electrons. The Morgan fingerprint density at radius 3 is 2.33 bits per heavy atom. The van der Waals surface area contributed by atoms with Crippen molar-refractivity contribution in [3.8, 4) is 0 Å². The van der Waals surface area contributed by atoms with Crippen molar-refractivity contribution < 1.29 is 17.9 Å². The molecule has 0 saturated heterocycles. The third-order valence-electron chi connectivity index (χ3n) is 2.75. The molecule has 2 N–H and O–H groups in total. The summed E-state index contributed by atoms with van der Waals surface area (Å²) in [7, 11) is -1.81. The first-order valence-electron chi connectivity index (χ1n) is 6.34. The maximum Gasteiger partial charge on any atom is 0.338 e. The topological polar surface area (TPSA) is 84.5 Å². The van der Waals surface area contributed by atoms with Gasteiger partial charge >= 0.3 is 5.97 Å². The molecule has 1 unspecified atom stereocenters. The van der Waals surface area contributed by atoms with Gasteiger partial charge in [0.25, 0.3) is 0 Å². The van der Waals surface area contributed by atoms with Crippen LogP contribution in [0.2, 0.25) is 0 Å². The Balaban J connectivity index is 0.00000400. The van der Waals surface area contributed by atoms with Crippen molar-refractivity contribution in [1.29, 1.82) is 0 Å². The summed E-state index contributed by atoms with van der Waals surface area (Å²) in [5.74, 6) is -0.465. The fourth-order valence-corrected chi connectivity index (χ4v) is 2.54. The van der Waals surface area contributed by atoms with E-state index in [4.69, 9.17) is 4.74 Å². The fourth-order valence-electron chi connectivity index (χ4n) is 1.40. The number of halogens is 1. The predicted octanol–water partition coefficient (Wildman–Crippen LogP) is 1.17. The summed E-state index contributed by atoms with van der Waals surface area (Å²) in [6, 6.07) is 5.68. The molecule has 6 nitrogen and oxygen atoms in total. The summed E-state index contributed by atoms with van der Waals surface area (Å²) in [5.41, 5.74) is 0.328. The molecule has 120 valence electrons. The van der Waals surface area contributed by atoms with E-state index in [1.165, 1.54) is 24.3 Å². The molecular weight excluding hydrogens is 316 g/mol. The highest BCUT2D eigenvalue weighted by Gasteiger charge is 2.15. The summed E-state index contributed by atoms with van der Waals surface area (Å²) in [6.07, 6.45) is 0. The molecule has 0 aliphatic rings. The molecule has 8 heteroatoms. The number of hydrogen-bond donors (Lipinski definition) is 2. The number of sulfonamides is 1. The Kier molecular flexibility index (Phi) is 8.50. The quantitative estimate of drug-likeness (QED) is 0.730. The summed E-state index contributed by atoms with van der Waals surface area (Å²) in [6.45, 7) is 4.15. The van der Waals surface area contributed by atoms with E-state index < -0.39 is 16.0 Å². The summed E-state index contributed by atoms with van der Waals surface area (Å²) in [5, 5.41) is 2.94. The lowest BCUT2D eigenvalue weighted by molar-refractivity contribution is 0.0526. The molecule has 1 aromatic carbocycles. The fraction of sp³-hybridized carbons (Fsp3) is 0.462. The zero-order valence-corrected chi connectivity index (χ0v) is 13.9. The number of rotatable bonds is 7. The van der Waals surface area contributed by atoms with Crippen LogP contribution in [0.4, 0.5) is 0 Å². The highest BCUT2D eigenvalue weighted by Crippen LogP contribution is 2.11. The first-order chi connectivity index (χ1) is 9.40. The van der Waals surface area contributed by atoms with Crippen molar-refractivity contribution in [2.75, 3.05) is 20.2 Å². The van der Waals surface area contributed by atoms with Crippen LogP contribution in [0.3, 0.4) is 0 Å². The Bertz CT molecular complexity index is 546. The molecule has 1 atom stereocenters. The van der Waals surface area contributed by atoms with Crippen molar-refractivity contribution in [2.45, 2.75) is 24.8 Å². The van der Waals surface area contributed by atoms with Gasteiger partial charge in [-0.15, -0.1) is 12.4 Å². The van der Waals surface area contributed by atoms with Crippen LogP contribution in [0.1, 0.15) is 24.2 Å². The molecule has 0 aliphatic carbocycles. The average molecular weight is 337 g/mol. The first kappa shape index (κ1) is 19.9. The number of hydrogen-bond acceptors (Lipinski definition) is 5. The molecule has 0 saturated carbocycles. The molecule has 1 aromatic rings. The average Bonchev–Trinajstić information content (AvgIpc) is 2.45. The lowest BCUT2D eigenvalue weighted by Gasteiger charge is -2.12. The van der Waals surface area contributed by atoms with Crippen LogP contribution in [0.5, 0.6) is 0 Å². The van der Waals surface area contributed by atoms with E-state index in [2.05, 4.69) is 10.0 Å². The summed E-state index contributed by atoms with van der Waals surface area (Å²) < 4.78 is 31.3. The van der Waals surface area contributed by atoms with Gasteiger partial charge in [0.05, 0.1) is 17.1 Å². The van der Waals surface area contributed by atoms with E-state index in [1.54, 1.807) is 14.0 Å². The van der Waals surface area contributed by atoms with Crippen LogP contribution in [0.25, 0.3) is 0 Å². The largest absolute Gasteiger partial charge is 0.462 e. The van der Waals surface area contributed by atoms with Gasteiger partial charge in [-0.3, -0.25) is 0 Å². The van der Waals surface area contributed by atoms with Crippen LogP contribution in [-0.2, 0) is 14.8 Å².